The maximum absolute atomic E-state index is 2.26. The Morgan fingerprint density at radius 2 is 1.67 bits per heavy atom. The van der Waals surface area contributed by atoms with Crippen molar-refractivity contribution < 1.29 is 0 Å². The highest BCUT2D eigenvalue weighted by Crippen LogP contribution is 2.14. The zero-order valence-corrected chi connectivity index (χ0v) is 8.98. The fourth-order valence-electron chi connectivity index (χ4n) is 1.27. The normalized spacial score (nSPS) is 13.7. The number of hydrogen-bond acceptors (Lipinski definition) is 0. The molecule has 0 aromatic rings. The molecular weight excluding hydrogens is 144 g/mol. The summed E-state index contributed by atoms with van der Waals surface area (Å²) in [5.74, 6) is 0. The first-order valence-corrected chi connectivity index (χ1v) is 4.98. The highest BCUT2D eigenvalue weighted by Gasteiger charge is 1.94. The zero-order valence-electron chi connectivity index (χ0n) is 8.98. The van der Waals surface area contributed by atoms with Crippen LogP contribution in [0.2, 0.25) is 0 Å². The summed E-state index contributed by atoms with van der Waals surface area (Å²) in [5, 5.41) is 0. The lowest BCUT2D eigenvalue weighted by Gasteiger charge is -2.04. The Morgan fingerprint density at radius 3 is 2.17 bits per heavy atom. The predicted molar refractivity (Wildman–Crippen MR) is 57.3 cm³/mol. The van der Waals surface area contributed by atoms with Gasteiger partial charge >= 0.3 is 0 Å². The average Bonchev–Trinajstić information content (AvgIpc) is 2.05. The van der Waals surface area contributed by atoms with E-state index in [1.54, 1.807) is 11.1 Å². The number of hydrogen-bond donors (Lipinski definition) is 0. The van der Waals surface area contributed by atoms with Gasteiger partial charge in [-0.05, 0) is 40.0 Å². The van der Waals surface area contributed by atoms with Gasteiger partial charge in [0.1, 0.15) is 0 Å². The highest BCUT2D eigenvalue weighted by molar-refractivity contribution is 5.09. The summed E-state index contributed by atoms with van der Waals surface area (Å²) in [6, 6.07) is 0. The quantitative estimate of drug-likeness (QED) is 0.528. The van der Waals surface area contributed by atoms with Gasteiger partial charge in [0.05, 0.1) is 0 Å². The first-order valence-electron chi connectivity index (χ1n) is 4.98. The topological polar surface area (TPSA) is 0 Å². The Morgan fingerprint density at radius 1 is 1.08 bits per heavy atom. The smallest absolute Gasteiger partial charge is 0.0286 e. The molecule has 0 fully saturated rings. The molecule has 0 rings (SSSR count). The second-order valence-electron chi connectivity index (χ2n) is 3.42. The monoisotopic (exact) mass is 166 g/mol. The lowest BCUT2D eigenvalue weighted by atomic mass is 10.0. The van der Waals surface area contributed by atoms with E-state index in [1.165, 1.54) is 25.7 Å². The van der Waals surface area contributed by atoms with E-state index >= 15 is 0 Å². The lowest BCUT2D eigenvalue weighted by Crippen LogP contribution is -1.84. The van der Waals surface area contributed by atoms with E-state index in [1.807, 2.05) is 0 Å². The molecule has 0 radical (unpaired) electrons. The van der Waals surface area contributed by atoms with Crippen molar-refractivity contribution in [3.8, 4) is 0 Å². The van der Waals surface area contributed by atoms with Crippen LogP contribution in [0.3, 0.4) is 0 Å². The third-order valence-corrected chi connectivity index (χ3v) is 2.28. The van der Waals surface area contributed by atoms with E-state index in [9.17, 15) is 0 Å². The number of rotatable bonds is 5. The minimum absolute atomic E-state index is 1.20. The van der Waals surface area contributed by atoms with Gasteiger partial charge in [-0.2, -0.15) is 0 Å². The summed E-state index contributed by atoms with van der Waals surface area (Å²) in [6.07, 6.45) is 9.33. The van der Waals surface area contributed by atoms with Crippen molar-refractivity contribution in [1.82, 2.24) is 0 Å². The van der Waals surface area contributed by atoms with Gasteiger partial charge in [-0.3, -0.25) is 0 Å². The third-order valence-electron chi connectivity index (χ3n) is 2.28. The Labute approximate surface area is 77.4 Å². The molecule has 12 heavy (non-hydrogen) atoms. The van der Waals surface area contributed by atoms with Crippen LogP contribution in [0.4, 0.5) is 0 Å². The van der Waals surface area contributed by atoms with E-state index < -0.39 is 0 Å². The minimum Gasteiger partial charge on any atom is -0.0917 e. The molecule has 0 heterocycles. The summed E-state index contributed by atoms with van der Waals surface area (Å²) >= 11 is 0. The van der Waals surface area contributed by atoms with Gasteiger partial charge in [0.15, 0.2) is 0 Å². The van der Waals surface area contributed by atoms with Gasteiger partial charge in [0.25, 0.3) is 0 Å². The summed E-state index contributed by atoms with van der Waals surface area (Å²) in [5.41, 5.74) is 3.16. The van der Waals surface area contributed by atoms with Crippen LogP contribution in [-0.4, -0.2) is 0 Å². The van der Waals surface area contributed by atoms with E-state index in [4.69, 9.17) is 0 Å². The first-order chi connectivity index (χ1) is 5.72. The summed E-state index contributed by atoms with van der Waals surface area (Å²) in [6.45, 7) is 8.84. The van der Waals surface area contributed by atoms with E-state index in [0.29, 0.717) is 0 Å². The molecule has 70 valence electrons. The Bertz CT molecular complexity index is 161. The zero-order chi connectivity index (χ0) is 9.40. The van der Waals surface area contributed by atoms with Crippen molar-refractivity contribution in [3.05, 3.63) is 23.3 Å². The molecule has 0 aliphatic carbocycles. The summed E-state index contributed by atoms with van der Waals surface area (Å²) in [4.78, 5) is 0. The lowest BCUT2D eigenvalue weighted by molar-refractivity contribution is 0.857. The van der Waals surface area contributed by atoms with Gasteiger partial charge < -0.3 is 0 Å². The van der Waals surface area contributed by atoms with Crippen molar-refractivity contribution >= 4 is 0 Å². The van der Waals surface area contributed by atoms with Crippen LogP contribution in [0.15, 0.2) is 23.3 Å². The van der Waals surface area contributed by atoms with E-state index in [-0.39, 0.29) is 0 Å². The van der Waals surface area contributed by atoms with E-state index in [0.717, 1.165) is 0 Å². The molecule has 0 bridgehead atoms. The largest absolute Gasteiger partial charge is 0.0917 e. The molecule has 0 spiro atoms. The maximum atomic E-state index is 2.26. The third kappa shape index (κ3) is 5.17. The van der Waals surface area contributed by atoms with Crippen LogP contribution in [0.1, 0.15) is 53.4 Å². The minimum atomic E-state index is 1.20. The molecule has 0 saturated carbocycles. The molecule has 0 aromatic heterocycles. The molecular formula is C12H22. The number of allylic oxidation sites excluding steroid dienone is 4. The van der Waals surface area contributed by atoms with Crippen molar-refractivity contribution in [2.75, 3.05) is 0 Å². The Balaban J connectivity index is 3.81. The van der Waals surface area contributed by atoms with Crippen molar-refractivity contribution in [2.24, 2.45) is 0 Å². The fraction of sp³-hybridized carbons (Fsp3) is 0.667. The molecule has 0 nitrogen and oxygen atoms in total. The second-order valence-corrected chi connectivity index (χ2v) is 3.42. The Hall–Kier alpha value is -0.520. The molecule has 0 atom stereocenters. The molecule has 0 heteroatoms. The second kappa shape index (κ2) is 7.15. The van der Waals surface area contributed by atoms with Crippen LogP contribution >= 0.6 is 0 Å². The molecule has 0 saturated heterocycles. The average molecular weight is 166 g/mol. The van der Waals surface area contributed by atoms with Gasteiger partial charge in [0.2, 0.25) is 0 Å². The van der Waals surface area contributed by atoms with Crippen LogP contribution in [0, 0.1) is 0 Å². The van der Waals surface area contributed by atoms with Crippen molar-refractivity contribution in [3.63, 3.8) is 0 Å². The predicted octanol–water partition coefficient (Wildman–Crippen LogP) is 4.48. The molecule has 0 aliphatic rings. The SMILES string of the molecule is CC=CCCC(C)=C(C)CCC. The first kappa shape index (κ1) is 11.5. The van der Waals surface area contributed by atoms with Crippen molar-refractivity contribution in [2.45, 2.75) is 53.4 Å². The van der Waals surface area contributed by atoms with E-state index in [2.05, 4.69) is 39.8 Å². The van der Waals surface area contributed by atoms with Crippen molar-refractivity contribution in [1.29, 1.82) is 0 Å². The fourth-order valence-corrected chi connectivity index (χ4v) is 1.27. The van der Waals surface area contributed by atoms with Gasteiger partial charge in [-0.25, -0.2) is 0 Å². The van der Waals surface area contributed by atoms with Crippen LogP contribution in [0.5, 0.6) is 0 Å². The molecule has 0 amide bonds. The highest BCUT2D eigenvalue weighted by atomic mass is 14.0. The summed E-state index contributed by atoms with van der Waals surface area (Å²) in [7, 11) is 0. The van der Waals surface area contributed by atoms with Gasteiger partial charge in [0, 0.05) is 0 Å². The Kier molecular flexibility index (Phi) is 6.84. The van der Waals surface area contributed by atoms with Crippen LogP contribution in [-0.2, 0) is 0 Å². The van der Waals surface area contributed by atoms with Crippen LogP contribution in [0.25, 0.3) is 0 Å². The standard InChI is InChI=1S/C12H22/c1-5-7-8-10-12(4)11(3)9-6-2/h5,7H,6,8-10H2,1-4H3. The van der Waals surface area contributed by atoms with Crippen LogP contribution < -0.4 is 0 Å². The molecule has 0 aliphatic heterocycles. The maximum Gasteiger partial charge on any atom is -0.0286 e. The molecule has 0 unspecified atom stereocenters. The summed E-state index contributed by atoms with van der Waals surface area (Å²) < 4.78 is 0. The molecule has 0 N–H and O–H groups in total. The molecule has 0 aromatic carbocycles. The van der Waals surface area contributed by atoms with Gasteiger partial charge in [-0.1, -0.05) is 36.6 Å². The van der Waals surface area contributed by atoms with Gasteiger partial charge in [-0.15, -0.1) is 0 Å².